The molecule has 512 valence electrons. The maximum Gasteiger partial charge on any atom is 0.410 e. The van der Waals surface area contributed by atoms with E-state index in [4.69, 9.17) is 39.7 Å². The molecule has 0 spiro atoms. The van der Waals surface area contributed by atoms with E-state index in [1.165, 1.54) is 16.0 Å². The number of ether oxygens (including phenoxy) is 4. The maximum absolute atomic E-state index is 12.4. The number of carboxylic acid groups (broad SMARTS) is 1. The number of carboxylic acids is 1. The summed E-state index contributed by atoms with van der Waals surface area (Å²) in [6, 6.07) is 41.9. The monoisotopic (exact) mass is 1320 g/mol. The first kappa shape index (κ1) is 77.7. The summed E-state index contributed by atoms with van der Waals surface area (Å²) in [6.45, 7) is 8.83. The molecular weight excluding hydrogens is 1220 g/mol. The third-order valence-electron chi connectivity index (χ3n) is 13.7. The van der Waals surface area contributed by atoms with E-state index >= 15 is 0 Å². The lowest BCUT2D eigenvalue weighted by Gasteiger charge is -2.24. The Bertz CT molecular complexity index is 3520. The van der Waals surface area contributed by atoms with Gasteiger partial charge in [-0.25, -0.2) is 14.8 Å². The number of aromatic amines is 2. The number of pyridine rings is 2. The minimum Gasteiger partial charge on any atom is -0.508 e. The van der Waals surface area contributed by atoms with Crippen molar-refractivity contribution in [1.29, 1.82) is 10.5 Å². The Balaban J connectivity index is 0.000000268. The van der Waals surface area contributed by atoms with Crippen LogP contribution in [-0.2, 0) is 52.9 Å². The standard InChI is InChI=1S/C23H31N7O2.C16H22N2O3.C12H18N2O2.C11H15N5O.C8H7NO/c1-29(2)22-17-18(12-13-24-22)6-4-5-7-23(31)30(3)14-15-32-20-10-8-19(9-11-20)16-21-25-27-28-26-21;1-16(2,3)21-15(19)18(4)11-12-20-14-7-5-13(6-8-14)9-10-17;1-14(2)11-9-10(7-8-13-11)5-3-4-6-12(15)16;1-12-6-7-17-10-4-2-9(3-5-10)8-11-13-15-16-14-11;9-6-5-7-1-3-8(10)4-2-7/h8-13,17H,4-7,14-16H2,1-3H3,(H,25,26,27,28);5-8H,9,11-12H2,1-4H3;7-9H,3-6H2,1-2H3,(H,15,16);2-5,12H,6-8H2,1H3,(H,13,14,15,16);1-4,10H,5H2. The van der Waals surface area contributed by atoms with E-state index < -0.39 is 11.6 Å². The fourth-order valence-corrected chi connectivity index (χ4v) is 8.34. The molecule has 0 aliphatic carbocycles. The third-order valence-corrected chi connectivity index (χ3v) is 13.7. The summed E-state index contributed by atoms with van der Waals surface area (Å²) in [5.41, 5.74) is 6.06. The number of aliphatic carboxylic acids is 1. The van der Waals surface area contributed by atoms with Gasteiger partial charge in [-0.2, -0.15) is 21.0 Å². The molecule has 0 saturated heterocycles. The van der Waals surface area contributed by atoms with Crippen molar-refractivity contribution < 1.29 is 43.5 Å². The highest BCUT2D eigenvalue weighted by atomic mass is 16.6. The molecule has 0 unspecified atom stereocenters. The number of H-pyrrole nitrogens is 2. The van der Waals surface area contributed by atoms with Crippen LogP contribution in [0.1, 0.15) is 104 Å². The zero-order chi connectivity index (χ0) is 69.9. The summed E-state index contributed by atoms with van der Waals surface area (Å²) in [7, 11) is 13.3. The smallest absolute Gasteiger partial charge is 0.410 e. The summed E-state index contributed by atoms with van der Waals surface area (Å²) in [5, 5.41) is 64.9. The molecule has 0 bridgehead atoms. The van der Waals surface area contributed by atoms with Gasteiger partial charge in [-0.3, -0.25) is 9.59 Å². The number of nitriles is 2. The molecule has 2 amide bonds. The normalized spacial score (nSPS) is 10.3. The summed E-state index contributed by atoms with van der Waals surface area (Å²) in [6.07, 6.45) is 11.5. The molecule has 0 fully saturated rings. The number of amides is 2. The quantitative estimate of drug-likeness (QED) is 0.0262. The van der Waals surface area contributed by atoms with Gasteiger partial charge in [0.25, 0.3) is 0 Å². The van der Waals surface area contributed by atoms with Gasteiger partial charge in [-0.15, -0.1) is 20.4 Å². The Morgan fingerprint density at radius 3 is 1.36 bits per heavy atom. The number of nitrogens with one attached hydrogen (secondary N) is 3. The van der Waals surface area contributed by atoms with Crippen LogP contribution in [0.2, 0.25) is 0 Å². The van der Waals surface area contributed by atoms with Gasteiger partial charge >= 0.3 is 12.1 Å². The number of carbonyl (C=O) groups excluding carboxylic acids is 2. The van der Waals surface area contributed by atoms with Gasteiger partial charge in [-0.05, 0) is 173 Å². The number of likely N-dealkylation sites (N-methyl/N-ethyl adjacent to an activating group) is 3. The Morgan fingerprint density at radius 2 is 0.969 bits per heavy atom. The Morgan fingerprint density at radius 1 is 0.552 bits per heavy atom. The number of carbonyl (C=O) groups is 3. The number of aryl methyl sites for hydroxylation is 2. The van der Waals surface area contributed by atoms with E-state index in [1.807, 2.05) is 176 Å². The van der Waals surface area contributed by atoms with Crippen LogP contribution in [0.5, 0.6) is 23.0 Å². The number of phenolic OH excluding ortho intramolecular Hbond substituents is 1. The second-order valence-electron chi connectivity index (χ2n) is 23.3. The minimum atomic E-state index is -0.719. The van der Waals surface area contributed by atoms with Gasteiger partial charge < -0.3 is 54.1 Å². The van der Waals surface area contributed by atoms with E-state index in [9.17, 15) is 14.4 Å². The maximum atomic E-state index is 12.4. The van der Waals surface area contributed by atoms with Crippen LogP contribution in [0, 0.1) is 22.7 Å². The van der Waals surface area contributed by atoms with Crippen molar-refractivity contribution in [3.05, 3.63) is 179 Å². The fraction of sp³-hybridized carbons (Fsp3) is 0.414. The number of rotatable bonds is 30. The molecular formula is C70H93N17O9. The first-order valence-corrected chi connectivity index (χ1v) is 31.5. The molecule has 0 aliphatic rings. The zero-order valence-electron chi connectivity index (χ0n) is 56.9. The van der Waals surface area contributed by atoms with Crippen molar-refractivity contribution in [2.24, 2.45) is 0 Å². The van der Waals surface area contributed by atoms with Crippen LogP contribution in [-0.4, -0.2) is 184 Å². The fourth-order valence-electron chi connectivity index (χ4n) is 8.34. The van der Waals surface area contributed by atoms with E-state index in [-0.39, 0.29) is 24.2 Å². The first-order chi connectivity index (χ1) is 46.1. The molecule has 26 nitrogen and oxygen atoms in total. The van der Waals surface area contributed by atoms with Gasteiger partial charge in [0.05, 0.1) is 38.1 Å². The van der Waals surface area contributed by atoms with E-state index in [2.05, 4.69) is 68.7 Å². The molecule has 8 rings (SSSR count). The van der Waals surface area contributed by atoms with Crippen LogP contribution >= 0.6 is 0 Å². The minimum absolute atomic E-state index is 0.146. The summed E-state index contributed by atoms with van der Waals surface area (Å²) < 4.78 is 22.1. The second kappa shape index (κ2) is 44.0. The highest BCUT2D eigenvalue weighted by Gasteiger charge is 2.19. The van der Waals surface area contributed by atoms with Crippen LogP contribution in [0.3, 0.4) is 0 Å². The topological polar surface area (TPSA) is 336 Å². The number of benzene rings is 4. The van der Waals surface area contributed by atoms with E-state index in [0.717, 1.165) is 90.5 Å². The van der Waals surface area contributed by atoms with Crippen molar-refractivity contribution >= 4 is 29.6 Å². The van der Waals surface area contributed by atoms with Gasteiger partial charge in [0.1, 0.15) is 60.1 Å². The molecule has 0 aliphatic heterocycles. The average molecular weight is 1320 g/mol. The first-order valence-electron chi connectivity index (χ1n) is 31.5. The lowest BCUT2D eigenvalue weighted by atomic mass is 10.1. The Hall–Kier alpha value is -10.7. The number of phenols is 1. The molecule has 0 atom stereocenters. The number of anilines is 2. The average Bonchev–Trinajstić information content (AvgIpc) is 1.83. The second-order valence-corrected chi connectivity index (χ2v) is 23.3. The molecule has 0 radical (unpaired) electrons. The van der Waals surface area contributed by atoms with Crippen LogP contribution in [0.15, 0.2) is 134 Å². The number of nitrogens with zero attached hydrogens (tertiary/aromatic N) is 14. The predicted octanol–water partition coefficient (Wildman–Crippen LogP) is 9.29. The number of aromatic hydroxyl groups is 1. The number of hydrogen-bond acceptors (Lipinski definition) is 21. The lowest BCUT2D eigenvalue weighted by Crippen LogP contribution is -2.36. The highest BCUT2D eigenvalue weighted by Crippen LogP contribution is 2.19. The Kier molecular flexibility index (Phi) is 35.6. The van der Waals surface area contributed by atoms with Gasteiger partial charge in [0.2, 0.25) is 5.91 Å². The Labute approximate surface area is 563 Å². The molecule has 96 heavy (non-hydrogen) atoms. The van der Waals surface area contributed by atoms with Crippen LogP contribution < -0.4 is 29.3 Å². The number of unbranched alkanes of at least 4 members (excludes halogenated alkanes) is 2. The van der Waals surface area contributed by atoms with Crippen molar-refractivity contribution in [2.45, 2.75) is 103 Å². The number of tetrazole rings is 2. The highest BCUT2D eigenvalue weighted by molar-refractivity contribution is 5.75. The van der Waals surface area contributed by atoms with Gasteiger partial charge in [0, 0.05) is 86.9 Å². The summed E-state index contributed by atoms with van der Waals surface area (Å²) in [4.78, 5) is 50.2. The molecule has 4 aromatic heterocycles. The summed E-state index contributed by atoms with van der Waals surface area (Å²) in [5.74, 6) is 5.27. The van der Waals surface area contributed by atoms with Gasteiger partial charge in [0.15, 0.2) is 11.6 Å². The lowest BCUT2D eigenvalue weighted by molar-refractivity contribution is -0.137. The van der Waals surface area contributed by atoms with Crippen LogP contribution in [0.4, 0.5) is 16.4 Å². The predicted molar refractivity (Wildman–Crippen MR) is 367 cm³/mol. The largest absolute Gasteiger partial charge is 0.508 e. The van der Waals surface area contributed by atoms with Crippen molar-refractivity contribution in [1.82, 2.24) is 66.3 Å². The van der Waals surface area contributed by atoms with E-state index in [1.54, 1.807) is 42.4 Å². The van der Waals surface area contributed by atoms with Crippen molar-refractivity contribution in [3.8, 4) is 35.1 Å². The number of aromatic nitrogens is 10. The van der Waals surface area contributed by atoms with E-state index in [0.29, 0.717) is 82.4 Å². The molecule has 5 N–H and O–H groups in total. The summed E-state index contributed by atoms with van der Waals surface area (Å²) >= 11 is 0. The van der Waals surface area contributed by atoms with Crippen molar-refractivity contribution in [2.75, 3.05) is 98.6 Å². The van der Waals surface area contributed by atoms with Crippen molar-refractivity contribution in [3.63, 3.8) is 0 Å². The molecule has 0 saturated carbocycles. The third kappa shape index (κ3) is 33.7. The van der Waals surface area contributed by atoms with Crippen LogP contribution in [0.25, 0.3) is 0 Å². The SMILES string of the molecule is CN(C)c1cc(CCCCC(=O)O)ccn1.CN(CCOc1ccc(CC#N)cc1)C(=O)OC(C)(C)C.CN(CCOc1ccc(Cc2nn[nH]n2)cc1)C(=O)CCCCc1ccnc(N(C)C)c1.CNCCOc1ccc(Cc2nn[nH]n2)cc1.N#CCc1ccc(O)cc1. The molecule has 26 heteroatoms. The molecule has 8 aromatic rings. The number of hydrogen-bond donors (Lipinski definition) is 5. The van der Waals surface area contributed by atoms with Gasteiger partial charge in [-0.1, -0.05) is 59.0 Å². The zero-order valence-corrected chi connectivity index (χ0v) is 56.9. The molecule has 4 heterocycles. The molecule has 4 aromatic carbocycles.